The number of aromatic nitrogens is 2. The van der Waals surface area contributed by atoms with Crippen molar-refractivity contribution in [3.05, 3.63) is 29.7 Å². The van der Waals surface area contributed by atoms with Gasteiger partial charge in [0.05, 0.1) is 6.04 Å². The Labute approximate surface area is 118 Å². The second-order valence-electron chi connectivity index (χ2n) is 4.57. The smallest absolute Gasteiger partial charge is 0.315 e. The van der Waals surface area contributed by atoms with Gasteiger partial charge in [-0.15, -0.1) is 0 Å². The van der Waals surface area contributed by atoms with E-state index in [0.29, 0.717) is 17.9 Å². The summed E-state index contributed by atoms with van der Waals surface area (Å²) < 4.78 is 34.8. The van der Waals surface area contributed by atoms with Gasteiger partial charge in [-0.2, -0.15) is 13.8 Å². The van der Waals surface area contributed by atoms with Crippen LogP contribution >= 0.6 is 0 Å². The number of amides is 1. The Balaban J connectivity index is 1.88. The largest absolute Gasteiger partial charge is 0.491 e. The van der Waals surface area contributed by atoms with Crippen LogP contribution in [0.2, 0.25) is 0 Å². The molecule has 1 N–H and O–H groups in total. The van der Waals surface area contributed by atoms with Gasteiger partial charge in [0.15, 0.2) is 0 Å². The van der Waals surface area contributed by atoms with Crippen molar-refractivity contribution in [2.45, 2.75) is 19.4 Å². The number of fused-ring (bicyclic) bond motifs is 1. The highest BCUT2D eigenvalue weighted by Crippen LogP contribution is 2.35. The molecule has 1 amide bonds. The zero-order chi connectivity index (χ0) is 15.0. The molecule has 0 aliphatic carbocycles. The summed E-state index contributed by atoms with van der Waals surface area (Å²) in [6, 6.07) is 4.84. The van der Waals surface area contributed by atoms with Gasteiger partial charge in [-0.1, -0.05) is 17.3 Å². The normalized spacial score (nSPS) is 16.7. The van der Waals surface area contributed by atoms with Gasteiger partial charge in [-0.05, 0) is 6.07 Å². The average Bonchev–Trinajstić information content (AvgIpc) is 3.05. The van der Waals surface area contributed by atoms with Crippen LogP contribution in [0.5, 0.6) is 5.75 Å². The number of ether oxygens (including phenoxy) is 1. The molecule has 0 saturated heterocycles. The van der Waals surface area contributed by atoms with E-state index in [2.05, 4.69) is 20.0 Å². The number of carbonyl (C=O) groups is 1. The van der Waals surface area contributed by atoms with Gasteiger partial charge in [0, 0.05) is 18.1 Å². The van der Waals surface area contributed by atoms with E-state index >= 15 is 0 Å². The van der Waals surface area contributed by atoms with Gasteiger partial charge < -0.3 is 14.6 Å². The number of nitrogens with one attached hydrogen (secondary N) is 1. The van der Waals surface area contributed by atoms with Crippen molar-refractivity contribution < 1.29 is 22.8 Å². The standard InChI is InChI=1S/C13H11F2N3O3/c1-6(19)16-9-5-20-10-4-7(2-3-8(9)10)12-17-13(11(14)15)21-18-12/h2-4,9,11H,5H2,1H3,(H,16,19). The molecule has 1 aliphatic rings. The van der Waals surface area contributed by atoms with Crippen molar-refractivity contribution in [3.8, 4) is 17.1 Å². The van der Waals surface area contributed by atoms with Crippen LogP contribution in [0.4, 0.5) is 8.78 Å². The summed E-state index contributed by atoms with van der Waals surface area (Å²) in [6.45, 7) is 1.75. The fourth-order valence-corrected chi connectivity index (χ4v) is 2.16. The number of hydrogen-bond acceptors (Lipinski definition) is 5. The number of benzene rings is 1. The summed E-state index contributed by atoms with van der Waals surface area (Å²) in [6.07, 6.45) is -2.80. The molecule has 8 heteroatoms. The minimum absolute atomic E-state index is 0.0691. The summed E-state index contributed by atoms with van der Waals surface area (Å²) in [5.74, 6) is -0.239. The van der Waals surface area contributed by atoms with Gasteiger partial charge in [0.2, 0.25) is 11.7 Å². The Morgan fingerprint density at radius 3 is 2.95 bits per heavy atom. The first-order valence-corrected chi connectivity index (χ1v) is 6.20. The number of rotatable bonds is 3. The van der Waals surface area contributed by atoms with Crippen LogP contribution in [0.3, 0.4) is 0 Å². The van der Waals surface area contributed by atoms with Crippen LogP contribution < -0.4 is 10.1 Å². The lowest BCUT2D eigenvalue weighted by Gasteiger charge is -2.09. The van der Waals surface area contributed by atoms with E-state index < -0.39 is 12.3 Å². The molecule has 0 bridgehead atoms. The van der Waals surface area contributed by atoms with Crippen molar-refractivity contribution in [1.82, 2.24) is 15.5 Å². The minimum Gasteiger partial charge on any atom is -0.491 e. The molecule has 0 spiro atoms. The van der Waals surface area contributed by atoms with Gasteiger partial charge in [-0.25, -0.2) is 0 Å². The molecular weight excluding hydrogens is 284 g/mol. The molecular formula is C13H11F2N3O3. The van der Waals surface area contributed by atoms with E-state index in [1.165, 1.54) is 6.92 Å². The van der Waals surface area contributed by atoms with E-state index in [4.69, 9.17) is 4.74 Å². The molecule has 0 saturated carbocycles. The van der Waals surface area contributed by atoms with Crippen molar-refractivity contribution >= 4 is 5.91 Å². The Kier molecular flexibility index (Phi) is 3.28. The lowest BCUT2D eigenvalue weighted by atomic mass is 10.1. The number of nitrogens with zero attached hydrogens (tertiary/aromatic N) is 2. The summed E-state index contributed by atoms with van der Waals surface area (Å²) in [4.78, 5) is 14.7. The molecule has 21 heavy (non-hydrogen) atoms. The molecule has 1 aliphatic heterocycles. The van der Waals surface area contributed by atoms with Crippen LogP contribution in [0, 0.1) is 0 Å². The number of halogens is 2. The summed E-state index contributed by atoms with van der Waals surface area (Å²) in [5.41, 5.74) is 1.33. The highest BCUT2D eigenvalue weighted by molar-refractivity contribution is 5.74. The monoisotopic (exact) mass is 295 g/mol. The molecule has 1 unspecified atom stereocenters. The lowest BCUT2D eigenvalue weighted by Crippen LogP contribution is -2.26. The van der Waals surface area contributed by atoms with Crippen LogP contribution in [0.15, 0.2) is 22.7 Å². The van der Waals surface area contributed by atoms with E-state index in [0.717, 1.165) is 5.56 Å². The van der Waals surface area contributed by atoms with Crippen LogP contribution in [-0.2, 0) is 4.79 Å². The maximum absolute atomic E-state index is 12.4. The number of alkyl halides is 2. The third-order valence-electron chi connectivity index (χ3n) is 3.06. The fraction of sp³-hybridized carbons (Fsp3) is 0.308. The highest BCUT2D eigenvalue weighted by Gasteiger charge is 2.26. The Morgan fingerprint density at radius 1 is 1.48 bits per heavy atom. The first-order valence-electron chi connectivity index (χ1n) is 6.20. The van der Waals surface area contributed by atoms with E-state index in [-0.39, 0.29) is 17.8 Å². The zero-order valence-electron chi connectivity index (χ0n) is 11.0. The van der Waals surface area contributed by atoms with Crippen molar-refractivity contribution in [2.24, 2.45) is 0 Å². The first kappa shape index (κ1) is 13.5. The predicted octanol–water partition coefficient (Wildman–Crippen LogP) is 2.24. The Bertz CT molecular complexity index is 687. The minimum atomic E-state index is -2.80. The van der Waals surface area contributed by atoms with Crippen molar-refractivity contribution in [2.75, 3.05) is 6.61 Å². The molecule has 1 aromatic carbocycles. The second-order valence-corrected chi connectivity index (χ2v) is 4.57. The SMILES string of the molecule is CC(=O)NC1COc2cc(-c3noc(C(F)F)n3)ccc21. The molecule has 0 fully saturated rings. The molecule has 1 aromatic heterocycles. The molecule has 2 heterocycles. The van der Waals surface area contributed by atoms with E-state index in [1.807, 2.05) is 0 Å². The van der Waals surface area contributed by atoms with Crippen LogP contribution in [0.25, 0.3) is 11.4 Å². The first-order chi connectivity index (χ1) is 10.0. The fourth-order valence-electron chi connectivity index (χ4n) is 2.16. The van der Waals surface area contributed by atoms with Crippen LogP contribution in [0.1, 0.15) is 30.8 Å². The van der Waals surface area contributed by atoms with E-state index in [1.54, 1.807) is 18.2 Å². The number of carbonyl (C=O) groups excluding carboxylic acids is 1. The summed E-state index contributed by atoms with van der Waals surface area (Å²) in [7, 11) is 0. The zero-order valence-corrected chi connectivity index (χ0v) is 11.0. The highest BCUT2D eigenvalue weighted by atomic mass is 19.3. The molecule has 6 nitrogen and oxygen atoms in total. The molecule has 0 radical (unpaired) electrons. The average molecular weight is 295 g/mol. The maximum atomic E-state index is 12.4. The topological polar surface area (TPSA) is 77.2 Å². The third kappa shape index (κ3) is 2.56. The summed E-state index contributed by atoms with van der Waals surface area (Å²) >= 11 is 0. The Morgan fingerprint density at radius 2 is 2.29 bits per heavy atom. The van der Waals surface area contributed by atoms with Crippen LogP contribution in [-0.4, -0.2) is 22.7 Å². The molecule has 2 aromatic rings. The quantitative estimate of drug-likeness (QED) is 0.939. The van der Waals surface area contributed by atoms with Gasteiger partial charge in [0.1, 0.15) is 12.4 Å². The van der Waals surface area contributed by atoms with Crippen molar-refractivity contribution in [1.29, 1.82) is 0 Å². The second kappa shape index (κ2) is 5.12. The van der Waals surface area contributed by atoms with Crippen molar-refractivity contribution in [3.63, 3.8) is 0 Å². The maximum Gasteiger partial charge on any atom is 0.315 e. The molecule has 110 valence electrons. The molecule has 1 atom stereocenters. The summed E-state index contributed by atoms with van der Waals surface area (Å²) in [5, 5.41) is 6.27. The van der Waals surface area contributed by atoms with Gasteiger partial charge >= 0.3 is 6.43 Å². The van der Waals surface area contributed by atoms with E-state index in [9.17, 15) is 13.6 Å². The molecule has 3 rings (SSSR count). The number of hydrogen-bond donors (Lipinski definition) is 1. The lowest BCUT2D eigenvalue weighted by molar-refractivity contribution is -0.119. The van der Waals surface area contributed by atoms with Gasteiger partial charge in [-0.3, -0.25) is 4.79 Å². The Hall–Kier alpha value is -2.51. The van der Waals surface area contributed by atoms with Gasteiger partial charge in [0.25, 0.3) is 5.89 Å². The predicted molar refractivity (Wildman–Crippen MR) is 66.7 cm³/mol. The third-order valence-corrected chi connectivity index (χ3v) is 3.06.